The molecule has 0 amide bonds. The van der Waals surface area contributed by atoms with Gasteiger partial charge in [0.2, 0.25) is 6.08 Å². The van der Waals surface area contributed by atoms with Gasteiger partial charge in [-0.05, 0) is 12.1 Å². The summed E-state index contributed by atoms with van der Waals surface area (Å²) >= 11 is 0. The third-order valence-corrected chi connectivity index (χ3v) is 2.24. The fourth-order valence-electron chi connectivity index (χ4n) is 1.54. The number of carbonyl (C=O) groups excluding carboxylic acids is 1. The number of phenolic OH excluding ortho intramolecular Hbond substituents is 1. The van der Waals surface area contributed by atoms with Crippen molar-refractivity contribution in [3.05, 3.63) is 30.5 Å². The van der Waals surface area contributed by atoms with Crippen LogP contribution in [0.25, 0.3) is 11.3 Å². The van der Waals surface area contributed by atoms with Crippen molar-refractivity contribution < 1.29 is 9.90 Å². The van der Waals surface area contributed by atoms with Crippen LogP contribution in [-0.4, -0.2) is 21.0 Å². The van der Waals surface area contributed by atoms with Crippen LogP contribution in [0.15, 0.2) is 35.5 Å². The lowest BCUT2D eigenvalue weighted by Crippen LogP contribution is -1.93. The number of para-hydroxylation sites is 1. The molecular weight excluding hydrogens is 206 g/mol. The van der Waals surface area contributed by atoms with E-state index in [2.05, 4.69) is 10.1 Å². The van der Waals surface area contributed by atoms with Crippen LogP contribution in [0.1, 0.15) is 0 Å². The molecule has 16 heavy (non-hydrogen) atoms. The molecule has 5 nitrogen and oxygen atoms in total. The standard InChI is InChI=1S/C11H9N3O2/c1-14-11(9(6-13-14)12-7-15)8-4-2-3-5-10(8)16/h2-6,16H,1H3. The van der Waals surface area contributed by atoms with E-state index in [-0.39, 0.29) is 5.75 Å². The fraction of sp³-hybridized carbons (Fsp3) is 0.0909. The number of aromatic hydroxyl groups is 1. The van der Waals surface area contributed by atoms with Crippen LogP contribution in [0.4, 0.5) is 5.69 Å². The monoisotopic (exact) mass is 215 g/mol. The summed E-state index contributed by atoms with van der Waals surface area (Å²) in [4.78, 5) is 13.8. The molecule has 1 aromatic heterocycles. The molecule has 2 rings (SSSR count). The van der Waals surface area contributed by atoms with Crippen molar-refractivity contribution in [2.45, 2.75) is 0 Å². The van der Waals surface area contributed by atoms with Gasteiger partial charge in [-0.3, -0.25) is 4.68 Å². The number of rotatable bonds is 2. The molecule has 1 aromatic carbocycles. The summed E-state index contributed by atoms with van der Waals surface area (Å²) in [5.74, 6) is 0.119. The van der Waals surface area contributed by atoms with Gasteiger partial charge in [0, 0.05) is 12.6 Å². The second-order valence-electron chi connectivity index (χ2n) is 3.22. The predicted molar refractivity (Wildman–Crippen MR) is 58.1 cm³/mol. The van der Waals surface area contributed by atoms with E-state index in [1.54, 1.807) is 36.0 Å². The first-order valence-electron chi connectivity index (χ1n) is 4.62. The number of aliphatic imine (C=N–C) groups is 1. The summed E-state index contributed by atoms with van der Waals surface area (Å²) in [6.07, 6.45) is 2.92. The largest absolute Gasteiger partial charge is 0.507 e. The van der Waals surface area contributed by atoms with E-state index in [9.17, 15) is 9.90 Å². The minimum absolute atomic E-state index is 0.119. The molecule has 0 aliphatic rings. The highest BCUT2D eigenvalue weighted by atomic mass is 16.3. The highest BCUT2D eigenvalue weighted by Crippen LogP contribution is 2.34. The van der Waals surface area contributed by atoms with E-state index in [1.807, 2.05) is 0 Å². The second-order valence-corrected chi connectivity index (χ2v) is 3.22. The van der Waals surface area contributed by atoms with Crippen LogP contribution in [-0.2, 0) is 11.8 Å². The molecule has 0 aliphatic carbocycles. The number of aromatic nitrogens is 2. The molecule has 0 saturated heterocycles. The summed E-state index contributed by atoms with van der Waals surface area (Å²) in [6, 6.07) is 6.81. The first-order valence-corrected chi connectivity index (χ1v) is 4.62. The Morgan fingerprint density at radius 1 is 1.44 bits per heavy atom. The van der Waals surface area contributed by atoms with E-state index in [0.29, 0.717) is 16.9 Å². The molecule has 0 aliphatic heterocycles. The fourth-order valence-corrected chi connectivity index (χ4v) is 1.54. The molecule has 80 valence electrons. The SMILES string of the molecule is Cn1ncc(N=C=O)c1-c1ccccc1O. The van der Waals surface area contributed by atoms with Gasteiger partial charge in [-0.1, -0.05) is 12.1 Å². The highest BCUT2D eigenvalue weighted by molar-refractivity contribution is 5.77. The van der Waals surface area contributed by atoms with E-state index in [0.717, 1.165) is 0 Å². The Bertz CT molecular complexity index is 568. The molecule has 5 heteroatoms. The van der Waals surface area contributed by atoms with Crippen LogP contribution in [0.3, 0.4) is 0 Å². The molecule has 1 N–H and O–H groups in total. The highest BCUT2D eigenvalue weighted by Gasteiger charge is 2.13. The third kappa shape index (κ3) is 1.60. The summed E-state index contributed by atoms with van der Waals surface area (Å²) in [7, 11) is 1.71. The van der Waals surface area contributed by atoms with Crippen molar-refractivity contribution in [1.29, 1.82) is 0 Å². The number of benzene rings is 1. The van der Waals surface area contributed by atoms with Gasteiger partial charge in [0.1, 0.15) is 11.4 Å². The average Bonchev–Trinajstić information content (AvgIpc) is 2.62. The van der Waals surface area contributed by atoms with Crippen LogP contribution in [0.5, 0.6) is 5.75 Å². The van der Waals surface area contributed by atoms with Crippen molar-refractivity contribution in [3.8, 4) is 17.0 Å². The second kappa shape index (κ2) is 4.00. The first kappa shape index (κ1) is 10.1. The molecule has 0 saturated carbocycles. The van der Waals surface area contributed by atoms with Crippen molar-refractivity contribution >= 4 is 11.8 Å². The lowest BCUT2D eigenvalue weighted by Gasteiger charge is -2.05. The van der Waals surface area contributed by atoms with E-state index in [1.165, 1.54) is 12.3 Å². The Morgan fingerprint density at radius 2 is 2.19 bits per heavy atom. The van der Waals surface area contributed by atoms with Crippen molar-refractivity contribution in [3.63, 3.8) is 0 Å². The quantitative estimate of drug-likeness (QED) is 0.613. The molecule has 0 unspecified atom stereocenters. The number of nitrogens with zero attached hydrogens (tertiary/aromatic N) is 3. The van der Waals surface area contributed by atoms with Gasteiger partial charge in [-0.25, -0.2) is 4.79 Å². The Balaban J connectivity index is 2.68. The average molecular weight is 215 g/mol. The minimum Gasteiger partial charge on any atom is -0.507 e. The van der Waals surface area contributed by atoms with Gasteiger partial charge in [-0.2, -0.15) is 10.1 Å². The molecule has 2 aromatic rings. The molecule has 0 spiro atoms. The van der Waals surface area contributed by atoms with Crippen LogP contribution < -0.4 is 0 Å². The van der Waals surface area contributed by atoms with Crippen molar-refractivity contribution in [2.24, 2.45) is 12.0 Å². The number of hydrogen-bond acceptors (Lipinski definition) is 4. The molecule has 1 heterocycles. The van der Waals surface area contributed by atoms with Crippen LogP contribution in [0.2, 0.25) is 0 Å². The first-order chi connectivity index (χ1) is 7.74. The van der Waals surface area contributed by atoms with Crippen LogP contribution >= 0.6 is 0 Å². The number of isocyanates is 1. The Morgan fingerprint density at radius 3 is 2.88 bits per heavy atom. The maximum Gasteiger partial charge on any atom is 0.240 e. The smallest absolute Gasteiger partial charge is 0.240 e. The summed E-state index contributed by atoms with van der Waals surface area (Å²) in [5, 5.41) is 13.7. The summed E-state index contributed by atoms with van der Waals surface area (Å²) in [6.45, 7) is 0. The zero-order valence-electron chi connectivity index (χ0n) is 8.58. The van der Waals surface area contributed by atoms with Crippen LogP contribution in [0, 0.1) is 0 Å². The molecular formula is C11H9N3O2. The number of phenols is 1. The Kier molecular flexibility index (Phi) is 2.54. The van der Waals surface area contributed by atoms with Gasteiger partial charge >= 0.3 is 0 Å². The Hall–Kier alpha value is -2.39. The molecule has 0 fully saturated rings. The van der Waals surface area contributed by atoms with Crippen molar-refractivity contribution in [1.82, 2.24) is 9.78 Å². The maximum atomic E-state index is 10.3. The predicted octanol–water partition coefficient (Wildman–Crippen LogP) is 1.76. The third-order valence-electron chi connectivity index (χ3n) is 2.24. The topological polar surface area (TPSA) is 67.5 Å². The van der Waals surface area contributed by atoms with Gasteiger partial charge in [0.15, 0.2) is 0 Å². The molecule has 0 atom stereocenters. The van der Waals surface area contributed by atoms with Gasteiger partial charge < -0.3 is 5.11 Å². The van der Waals surface area contributed by atoms with Crippen molar-refractivity contribution in [2.75, 3.05) is 0 Å². The lowest BCUT2D eigenvalue weighted by molar-refractivity contribution is 0.476. The number of hydrogen-bond donors (Lipinski definition) is 1. The zero-order valence-corrected chi connectivity index (χ0v) is 8.58. The summed E-state index contributed by atoms with van der Waals surface area (Å²) in [5.41, 5.74) is 1.55. The zero-order chi connectivity index (χ0) is 11.5. The van der Waals surface area contributed by atoms with E-state index < -0.39 is 0 Å². The van der Waals surface area contributed by atoms with Gasteiger partial charge in [0.05, 0.1) is 11.9 Å². The van der Waals surface area contributed by atoms with Gasteiger partial charge in [-0.15, -0.1) is 0 Å². The minimum atomic E-state index is 0.119. The maximum absolute atomic E-state index is 10.3. The van der Waals surface area contributed by atoms with Gasteiger partial charge in [0.25, 0.3) is 0 Å². The van der Waals surface area contributed by atoms with E-state index >= 15 is 0 Å². The molecule has 0 radical (unpaired) electrons. The Labute approximate surface area is 91.7 Å². The normalized spacial score (nSPS) is 9.81. The lowest BCUT2D eigenvalue weighted by atomic mass is 10.1. The summed E-state index contributed by atoms with van der Waals surface area (Å²) < 4.78 is 1.55. The number of aryl methyl sites for hydroxylation is 1. The van der Waals surface area contributed by atoms with E-state index in [4.69, 9.17) is 0 Å². The molecule has 0 bridgehead atoms.